The molecule has 0 aromatic carbocycles. The fourth-order valence-corrected chi connectivity index (χ4v) is 6.27. The van der Waals surface area contributed by atoms with Crippen LogP contribution >= 0.6 is 0 Å². The molecule has 5 heterocycles. The van der Waals surface area contributed by atoms with E-state index in [4.69, 9.17) is 29.4 Å². The molecule has 2 N–H and O–H groups in total. The van der Waals surface area contributed by atoms with Gasteiger partial charge in [0.25, 0.3) is 0 Å². The average molecular weight is 709 g/mol. The molecule has 8 bridgehead atoms. The molecule has 4 aromatic heterocycles. The predicted molar refractivity (Wildman–Crippen MR) is 179 cm³/mol. The Labute approximate surface area is 293 Å². The van der Waals surface area contributed by atoms with Crippen LogP contribution in [0, 0.1) is 27.7 Å². The number of aromatic nitrogens is 4. The van der Waals surface area contributed by atoms with Crippen LogP contribution in [-0.4, -0.2) is 48.0 Å². The first-order chi connectivity index (χ1) is 22.9. The molecule has 0 unspecified atom stereocenters. The van der Waals surface area contributed by atoms with Gasteiger partial charge in [0, 0.05) is 29.3 Å². The molecule has 262 valence electrons. The topological polar surface area (TPSA) is 174 Å². The van der Waals surface area contributed by atoms with Gasteiger partial charge in [0.2, 0.25) is 0 Å². The number of carbonyl (C=O) groups excluding carboxylic acids is 2. The van der Waals surface area contributed by atoms with Crippen molar-refractivity contribution in [2.45, 2.75) is 67.2 Å². The Kier molecular flexibility index (Phi) is 11.3. The van der Waals surface area contributed by atoms with E-state index in [0.29, 0.717) is 79.6 Å². The van der Waals surface area contributed by atoms with Gasteiger partial charge in [-0.2, -0.15) is 0 Å². The SMILES string of the molecule is COC(=O)CCc1c2[n-]c(c1C)/C=c1\[n-]/c(c(C)c1/C(C)=N/O)=C\c1[n-]c(c(C)c1/C(C)=N/O)/C=c1\[n-]/c(c(CCC(=O)OC)c1C)=C\2.[Ni]. The van der Waals surface area contributed by atoms with Crippen LogP contribution in [0.5, 0.6) is 0 Å². The van der Waals surface area contributed by atoms with Gasteiger partial charge in [0.15, 0.2) is 0 Å². The summed E-state index contributed by atoms with van der Waals surface area (Å²) >= 11 is 0. The van der Waals surface area contributed by atoms with Crippen molar-refractivity contribution >= 4 is 47.7 Å². The Morgan fingerprint density at radius 2 is 1.06 bits per heavy atom. The second kappa shape index (κ2) is 15.0. The summed E-state index contributed by atoms with van der Waals surface area (Å²) in [6, 6.07) is 0. The summed E-state index contributed by atoms with van der Waals surface area (Å²) in [6.45, 7) is 11.1. The Hall–Kier alpha value is -5.03. The second-order valence-electron chi connectivity index (χ2n) is 11.8. The van der Waals surface area contributed by atoms with Crippen LogP contribution in [0.4, 0.5) is 0 Å². The van der Waals surface area contributed by atoms with Crippen LogP contribution in [0.15, 0.2) is 10.3 Å². The monoisotopic (exact) mass is 708 g/mol. The zero-order valence-corrected chi connectivity index (χ0v) is 29.7. The van der Waals surface area contributed by atoms with E-state index in [-0.39, 0.29) is 41.3 Å². The van der Waals surface area contributed by atoms with Crippen LogP contribution in [0.3, 0.4) is 0 Å². The number of oxime groups is 2. The first-order valence-corrected chi connectivity index (χ1v) is 15.5. The van der Waals surface area contributed by atoms with E-state index in [1.165, 1.54) is 14.2 Å². The fourth-order valence-electron chi connectivity index (χ4n) is 6.27. The van der Waals surface area contributed by atoms with E-state index in [1.807, 2.05) is 52.0 Å². The minimum Gasteiger partial charge on any atom is -0.657 e. The maximum atomic E-state index is 12.2. The third-order valence-corrected chi connectivity index (χ3v) is 9.02. The average Bonchev–Trinajstić information content (AvgIpc) is 3.74. The summed E-state index contributed by atoms with van der Waals surface area (Å²) in [5.41, 5.74) is 9.50. The van der Waals surface area contributed by atoms with Crippen LogP contribution in [-0.2, 0) is 48.4 Å². The largest absolute Gasteiger partial charge is 0.657 e. The molecule has 0 amide bonds. The summed E-state index contributed by atoms with van der Waals surface area (Å²) in [5, 5.41) is 29.0. The van der Waals surface area contributed by atoms with Crippen molar-refractivity contribution in [3.05, 3.63) is 88.7 Å². The fraction of sp³-hybridized carbons (Fsp3) is 0.333. The Bertz CT molecular complexity index is 2250. The zero-order chi connectivity index (χ0) is 34.9. The van der Waals surface area contributed by atoms with E-state index in [2.05, 4.69) is 10.3 Å². The van der Waals surface area contributed by atoms with Gasteiger partial charge in [0.05, 0.1) is 25.6 Å². The molecule has 0 fully saturated rings. The van der Waals surface area contributed by atoms with Crippen molar-refractivity contribution in [1.82, 2.24) is 19.9 Å². The summed E-state index contributed by atoms with van der Waals surface area (Å²) in [5.74, 6) is -0.679. The molecule has 13 heteroatoms. The van der Waals surface area contributed by atoms with E-state index >= 15 is 0 Å². The molecule has 0 saturated heterocycles. The number of methoxy groups -OCH3 is 2. The van der Waals surface area contributed by atoms with Crippen LogP contribution < -0.4 is 41.3 Å². The minimum absolute atomic E-state index is 0. The maximum Gasteiger partial charge on any atom is 0.305 e. The molecule has 12 nitrogen and oxygen atoms in total. The number of esters is 2. The molecule has 49 heavy (non-hydrogen) atoms. The van der Waals surface area contributed by atoms with Gasteiger partial charge < -0.3 is 39.8 Å². The molecule has 1 aliphatic heterocycles. The minimum atomic E-state index is -0.341. The number of carbonyl (C=O) groups is 2. The van der Waals surface area contributed by atoms with Crippen molar-refractivity contribution in [1.29, 1.82) is 0 Å². The number of hydrogen-bond donors (Lipinski definition) is 2. The molecule has 0 atom stereocenters. The van der Waals surface area contributed by atoms with Gasteiger partial charge in [-0.15, -0.1) is 44.2 Å². The van der Waals surface area contributed by atoms with Gasteiger partial charge in [-0.1, -0.05) is 68.0 Å². The third-order valence-electron chi connectivity index (χ3n) is 9.02. The quantitative estimate of drug-likeness (QED) is 0.0778. The van der Waals surface area contributed by atoms with Gasteiger partial charge in [-0.25, -0.2) is 0 Å². The molecule has 0 aliphatic carbocycles. The van der Waals surface area contributed by atoms with Gasteiger partial charge >= 0.3 is 11.9 Å². The van der Waals surface area contributed by atoms with Crippen molar-refractivity contribution < 1.29 is 46.0 Å². The first-order valence-electron chi connectivity index (χ1n) is 15.5. The van der Waals surface area contributed by atoms with Gasteiger partial charge in [-0.05, 0) is 65.5 Å². The first kappa shape index (κ1) is 36.8. The second-order valence-corrected chi connectivity index (χ2v) is 11.8. The molecule has 4 aromatic rings. The van der Waals surface area contributed by atoms with E-state index < -0.39 is 0 Å². The molecule has 0 saturated carbocycles. The molecule has 5 rings (SSSR count). The Morgan fingerprint density at radius 3 is 1.67 bits per heavy atom. The third kappa shape index (κ3) is 7.08. The summed E-state index contributed by atoms with van der Waals surface area (Å²) in [4.78, 5) is 44.3. The van der Waals surface area contributed by atoms with Gasteiger partial charge in [-0.3, -0.25) is 9.59 Å². The Balaban J connectivity index is 0.00000541. The van der Waals surface area contributed by atoms with E-state index in [1.54, 1.807) is 13.8 Å². The van der Waals surface area contributed by atoms with Crippen LogP contribution in [0.25, 0.3) is 24.3 Å². The zero-order valence-electron chi connectivity index (χ0n) is 28.7. The van der Waals surface area contributed by atoms with Crippen molar-refractivity contribution in [3.8, 4) is 0 Å². The molecular formula is C36H38N6NiO6-4. The van der Waals surface area contributed by atoms with Gasteiger partial charge in [0.1, 0.15) is 0 Å². The van der Waals surface area contributed by atoms with Crippen LogP contribution in [0.1, 0.15) is 94.0 Å². The number of fused-ring (bicyclic) bond motifs is 8. The summed E-state index contributed by atoms with van der Waals surface area (Å²) < 4.78 is 9.85. The standard InChI is InChI=1S/C36H38N6O6.Ni/c1-17-23(9-11-33(43)47-7)29-16-30-24(10-12-34(44)48-8)18(2)26(38-30)14-31-36(22(6)42-46)20(4)28(40-31)15-32-35(21(5)41-45)19(3)27(39-32)13-25(17)37-29;/h13-16H,9-12H2,1-8H3,(H2-4,37,38,39,40,41,42,45,46);/q-4;/b25-13-,26-14?,27-13?,28-15-,29-16-,30-16?,31-14-,32-15?;. The molecule has 1 aliphatic rings. The molecule has 0 radical (unpaired) electrons. The van der Waals surface area contributed by atoms with E-state index in [9.17, 15) is 20.0 Å². The summed E-state index contributed by atoms with van der Waals surface area (Å²) in [7, 11) is 2.72. The molecular weight excluding hydrogens is 671 g/mol. The van der Waals surface area contributed by atoms with Crippen molar-refractivity contribution in [3.63, 3.8) is 0 Å². The number of ether oxygens (including phenoxy) is 2. The smallest absolute Gasteiger partial charge is 0.305 e. The molecule has 0 spiro atoms. The van der Waals surface area contributed by atoms with Crippen molar-refractivity contribution in [2.24, 2.45) is 10.3 Å². The normalized spacial score (nSPS) is 15.4. The number of hydrogen-bond acceptors (Lipinski definition) is 8. The number of rotatable bonds is 8. The van der Waals surface area contributed by atoms with Crippen molar-refractivity contribution in [2.75, 3.05) is 14.2 Å². The maximum absolute atomic E-state index is 12.2. The van der Waals surface area contributed by atoms with E-state index in [0.717, 1.165) is 33.4 Å². The predicted octanol–water partition coefficient (Wildman–Crippen LogP) is 0.983. The summed E-state index contributed by atoms with van der Waals surface area (Å²) in [6.07, 6.45) is 8.51. The number of nitrogens with zero attached hydrogens (tertiary/aromatic N) is 6. The Morgan fingerprint density at radius 1 is 0.592 bits per heavy atom. The van der Waals surface area contributed by atoms with Crippen LogP contribution in [0.2, 0.25) is 0 Å².